The van der Waals surface area contributed by atoms with Crippen molar-refractivity contribution >= 4 is 29.5 Å². The molecule has 0 aliphatic carbocycles. The van der Waals surface area contributed by atoms with Gasteiger partial charge in [-0.3, -0.25) is 0 Å². The molecule has 1 aliphatic rings. The Hall–Kier alpha value is -2.05. The third-order valence-electron chi connectivity index (χ3n) is 5.01. The molecule has 1 saturated heterocycles. The molecule has 3 rings (SSSR count). The summed E-state index contributed by atoms with van der Waals surface area (Å²) in [7, 11) is -0.490. The molecule has 0 radical (unpaired) electrons. The van der Waals surface area contributed by atoms with Gasteiger partial charge in [0.05, 0.1) is 11.2 Å². The summed E-state index contributed by atoms with van der Waals surface area (Å²) in [5, 5.41) is 1.72. The molecule has 1 heterocycles. The predicted octanol–water partition coefficient (Wildman–Crippen LogP) is 4.45. The van der Waals surface area contributed by atoms with Crippen LogP contribution in [0, 0.1) is 0 Å². The van der Waals surface area contributed by atoms with Gasteiger partial charge in [0.1, 0.15) is 11.4 Å². The summed E-state index contributed by atoms with van der Waals surface area (Å²) < 4.78 is 23.1. The molecule has 2 aromatic rings. The first-order valence-electron chi connectivity index (χ1n) is 9.18. The van der Waals surface area contributed by atoms with Crippen molar-refractivity contribution in [3.8, 4) is 5.75 Å². The van der Waals surface area contributed by atoms with Crippen LogP contribution in [-0.4, -0.2) is 30.1 Å². The maximum Gasteiger partial charge on any atom is 0.514 e. The predicted molar refractivity (Wildman–Crippen MR) is 107 cm³/mol. The third-order valence-corrected chi connectivity index (χ3v) is 5.01. The number of benzene rings is 2. The van der Waals surface area contributed by atoms with Gasteiger partial charge in [0.15, 0.2) is 0 Å². The molecule has 0 aromatic heterocycles. The minimum absolute atomic E-state index is 0.426. The van der Waals surface area contributed by atoms with Crippen LogP contribution in [0.4, 0.5) is 4.79 Å². The van der Waals surface area contributed by atoms with Crippen molar-refractivity contribution < 1.29 is 23.6 Å². The highest BCUT2D eigenvalue weighted by atomic mass is 16.7. The van der Waals surface area contributed by atoms with E-state index in [4.69, 9.17) is 18.8 Å². The van der Waals surface area contributed by atoms with Crippen molar-refractivity contribution in [2.24, 2.45) is 0 Å². The van der Waals surface area contributed by atoms with Crippen molar-refractivity contribution in [1.29, 1.82) is 0 Å². The van der Waals surface area contributed by atoms with E-state index in [0.717, 1.165) is 16.2 Å². The minimum atomic E-state index is -0.726. The number of hydrogen-bond acceptors (Lipinski definition) is 5. The first kappa shape index (κ1) is 19.7. The molecule has 6 heteroatoms. The average Bonchev–Trinajstić information content (AvgIpc) is 2.73. The van der Waals surface area contributed by atoms with Crippen LogP contribution in [-0.2, 0) is 14.0 Å². The molecule has 1 fully saturated rings. The lowest BCUT2D eigenvalue weighted by molar-refractivity contribution is 0.00578. The van der Waals surface area contributed by atoms with E-state index in [1.807, 2.05) is 58.0 Å². The van der Waals surface area contributed by atoms with Gasteiger partial charge in [-0.05, 0) is 65.4 Å². The Bertz CT molecular complexity index is 850. The van der Waals surface area contributed by atoms with E-state index in [1.165, 1.54) is 0 Å². The van der Waals surface area contributed by atoms with Crippen LogP contribution in [0.3, 0.4) is 0 Å². The lowest BCUT2D eigenvalue weighted by Crippen LogP contribution is -2.41. The summed E-state index contributed by atoms with van der Waals surface area (Å²) in [5.74, 6) is 0.445. The van der Waals surface area contributed by atoms with Crippen LogP contribution in [0.2, 0.25) is 0 Å². The zero-order valence-corrected chi connectivity index (χ0v) is 17.1. The van der Waals surface area contributed by atoms with Gasteiger partial charge < -0.3 is 18.8 Å². The molecule has 144 valence electrons. The second-order valence-electron chi connectivity index (χ2n) is 8.85. The van der Waals surface area contributed by atoms with Gasteiger partial charge in [0.2, 0.25) is 0 Å². The van der Waals surface area contributed by atoms with Crippen molar-refractivity contribution in [2.45, 2.75) is 65.3 Å². The Morgan fingerprint density at radius 3 is 2.04 bits per heavy atom. The summed E-state index contributed by atoms with van der Waals surface area (Å²) in [4.78, 5) is 12.1. The molecule has 0 unspecified atom stereocenters. The molecule has 27 heavy (non-hydrogen) atoms. The topological polar surface area (TPSA) is 54.0 Å². The summed E-state index contributed by atoms with van der Waals surface area (Å²) in [6.45, 7) is 13.5. The van der Waals surface area contributed by atoms with Gasteiger partial charge in [0.25, 0.3) is 0 Å². The van der Waals surface area contributed by atoms with Gasteiger partial charge in [-0.1, -0.05) is 30.3 Å². The first-order chi connectivity index (χ1) is 12.4. The zero-order chi connectivity index (χ0) is 20.0. The van der Waals surface area contributed by atoms with Crippen molar-refractivity contribution in [3.63, 3.8) is 0 Å². The van der Waals surface area contributed by atoms with Gasteiger partial charge in [0, 0.05) is 5.39 Å². The van der Waals surface area contributed by atoms with Crippen LogP contribution in [0.1, 0.15) is 48.5 Å². The van der Waals surface area contributed by atoms with Crippen LogP contribution < -0.4 is 10.2 Å². The van der Waals surface area contributed by atoms with E-state index in [0.29, 0.717) is 5.75 Å². The lowest BCUT2D eigenvalue weighted by Gasteiger charge is -2.32. The molecule has 0 bridgehead atoms. The Morgan fingerprint density at radius 1 is 0.926 bits per heavy atom. The average molecular weight is 370 g/mol. The summed E-state index contributed by atoms with van der Waals surface area (Å²) in [5.41, 5.74) is -0.564. The molecule has 5 nitrogen and oxygen atoms in total. The fourth-order valence-electron chi connectivity index (χ4n) is 2.92. The van der Waals surface area contributed by atoms with Gasteiger partial charge in [-0.25, -0.2) is 4.79 Å². The fraction of sp³-hybridized carbons (Fsp3) is 0.476. The van der Waals surface area contributed by atoms with E-state index < -0.39 is 30.1 Å². The van der Waals surface area contributed by atoms with Gasteiger partial charge in [-0.15, -0.1) is 0 Å². The third kappa shape index (κ3) is 3.97. The smallest absolute Gasteiger partial charge is 0.428 e. The summed E-state index contributed by atoms with van der Waals surface area (Å²) in [6.07, 6.45) is -0.726. The highest BCUT2D eigenvalue weighted by Gasteiger charge is 2.52. The summed E-state index contributed by atoms with van der Waals surface area (Å²) >= 11 is 0. The number of carbonyl (C=O) groups excluding carboxylic acids is 1. The van der Waals surface area contributed by atoms with E-state index in [1.54, 1.807) is 26.8 Å². The van der Waals surface area contributed by atoms with Gasteiger partial charge in [-0.2, -0.15) is 0 Å². The molecule has 2 aromatic carbocycles. The highest BCUT2D eigenvalue weighted by molar-refractivity contribution is 6.65. The van der Waals surface area contributed by atoms with Crippen molar-refractivity contribution in [3.05, 3.63) is 36.4 Å². The number of carbonyl (C=O) groups is 1. The van der Waals surface area contributed by atoms with Crippen LogP contribution in [0.5, 0.6) is 5.75 Å². The second-order valence-corrected chi connectivity index (χ2v) is 8.85. The minimum Gasteiger partial charge on any atom is -0.428 e. The molecular formula is C21H27BO5. The number of fused-ring (bicyclic) bond motifs is 1. The van der Waals surface area contributed by atoms with Crippen molar-refractivity contribution in [2.75, 3.05) is 0 Å². The second kappa shape index (κ2) is 6.53. The van der Waals surface area contributed by atoms with Crippen LogP contribution in [0.25, 0.3) is 10.8 Å². The first-order valence-corrected chi connectivity index (χ1v) is 9.18. The molecule has 1 aliphatic heterocycles. The number of hydrogen-bond donors (Lipinski definition) is 0. The Labute approximate surface area is 161 Å². The Kier molecular flexibility index (Phi) is 4.77. The quantitative estimate of drug-likeness (QED) is 0.444. The van der Waals surface area contributed by atoms with E-state index >= 15 is 0 Å². The van der Waals surface area contributed by atoms with Crippen LogP contribution >= 0.6 is 0 Å². The molecule has 0 spiro atoms. The van der Waals surface area contributed by atoms with E-state index in [9.17, 15) is 4.79 Å². The zero-order valence-electron chi connectivity index (χ0n) is 17.1. The number of rotatable bonds is 2. The molecule has 0 saturated carbocycles. The molecule has 0 amide bonds. The van der Waals surface area contributed by atoms with E-state index in [2.05, 4.69) is 0 Å². The SMILES string of the molecule is CC(C)(C)OC(=O)Oc1ccc(B2OC(C)(C)C(C)(C)O2)c2ccccc12. The summed E-state index contributed by atoms with van der Waals surface area (Å²) in [6, 6.07) is 11.4. The number of ether oxygens (including phenoxy) is 2. The highest BCUT2D eigenvalue weighted by Crippen LogP contribution is 2.37. The monoisotopic (exact) mass is 370 g/mol. The maximum absolute atomic E-state index is 12.1. The lowest BCUT2D eigenvalue weighted by atomic mass is 9.76. The molecule has 0 N–H and O–H groups in total. The maximum atomic E-state index is 12.1. The van der Waals surface area contributed by atoms with E-state index in [-0.39, 0.29) is 0 Å². The van der Waals surface area contributed by atoms with Crippen molar-refractivity contribution in [1.82, 2.24) is 0 Å². The normalized spacial score (nSPS) is 18.6. The standard InChI is InChI=1S/C21H27BO5/c1-19(2,3)25-18(23)24-17-13-12-16(14-10-8-9-11-15(14)17)22-26-20(4,5)21(6,7)27-22/h8-13H,1-7H3. The van der Waals surface area contributed by atoms with Gasteiger partial charge >= 0.3 is 13.3 Å². The van der Waals surface area contributed by atoms with Crippen LogP contribution in [0.15, 0.2) is 36.4 Å². The molecule has 0 atom stereocenters. The largest absolute Gasteiger partial charge is 0.514 e. The Morgan fingerprint density at radius 2 is 1.48 bits per heavy atom. The fourth-order valence-corrected chi connectivity index (χ4v) is 2.92. The molecular weight excluding hydrogens is 343 g/mol. The Balaban J connectivity index is 1.96.